The van der Waals surface area contributed by atoms with Gasteiger partial charge in [0.1, 0.15) is 0 Å². The quantitative estimate of drug-likeness (QED) is 0.420. The van der Waals surface area contributed by atoms with Crippen LogP contribution in [0.5, 0.6) is 0 Å². The number of carbonyl (C=O) groups is 3. The van der Waals surface area contributed by atoms with E-state index >= 15 is 0 Å². The van der Waals surface area contributed by atoms with E-state index in [0.29, 0.717) is 17.9 Å². The first-order valence-electron chi connectivity index (χ1n) is 10.7. The molecule has 1 saturated heterocycles. The Kier molecular flexibility index (Phi) is 6.50. The van der Waals surface area contributed by atoms with Crippen molar-refractivity contribution in [3.05, 3.63) is 53.0 Å². The van der Waals surface area contributed by atoms with Crippen molar-refractivity contribution in [1.29, 1.82) is 0 Å². The highest BCUT2D eigenvalue weighted by molar-refractivity contribution is 7.18. The molecule has 7 nitrogen and oxygen atoms in total. The second kappa shape index (κ2) is 9.48. The normalized spacial score (nSPS) is 15.9. The Bertz CT molecular complexity index is 1170. The molecule has 1 aliphatic rings. The van der Waals surface area contributed by atoms with Crippen LogP contribution in [0.15, 0.2) is 42.5 Å². The van der Waals surface area contributed by atoms with E-state index in [0.717, 1.165) is 33.8 Å². The number of amides is 2. The number of para-hydroxylation sites is 1. The van der Waals surface area contributed by atoms with Crippen LogP contribution in [-0.2, 0) is 14.3 Å². The summed E-state index contributed by atoms with van der Waals surface area (Å²) in [5.74, 6) is -1.38. The summed E-state index contributed by atoms with van der Waals surface area (Å²) < 4.78 is 6.35. The summed E-state index contributed by atoms with van der Waals surface area (Å²) in [5.41, 5.74) is 2.29. The van der Waals surface area contributed by atoms with Crippen molar-refractivity contribution in [3.8, 4) is 0 Å². The van der Waals surface area contributed by atoms with E-state index in [1.807, 2.05) is 32.0 Å². The predicted octanol–water partition coefficient (Wildman–Crippen LogP) is 4.55. The van der Waals surface area contributed by atoms with Gasteiger partial charge in [-0.15, -0.1) is 11.3 Å². The van der Waals surface area contributed by atoms with Gasteiger partial charge in [0.15, 0.2) is 0 Å². The predicted molar refractivity (Wildman–Crippen MR) is 125 cm³/mol. The Balaban J connectivity index is 1.45. The minimum Gasteiger partial charge on any atom is -0.462 e. The maximum atomic E-state index is 12.9. The third-order valence-electron chi connectivity index (χ3n) is 5.42. The number of carbonyl (C=O) groups excluding carboxylic acids is 3. The topological polar surface area (TPSA) is 88.6 Å². The minimum atomic E-state index is -0.514. The van der Waals surface area contributed by atoms with E-state index in [2.05, 4.69) is 10.3 Å². The van der Waals surface area contributed by atoms with Gasteiger partial charge in [-0.05, 0) is 43.7 Å². The molecule has 2 heterocycles. The smallest absolute Gasteiger partial charge is 0.340 e. The highest BCUT2D eigenvalue weighted by atomic mass is 32.1. The van der Waals surface area contributed by atoms with E-state index in [9.17, 15) is 14.4 Å². The van der Waals surface area contributed by atoms with Gasteiger partial charge in [0.2, 0.25) is 11.8 Å². The number of benzene rings is 2. The number of anilines is 2. The molecule has 0 bridgehead atoms. The molecule has 32 heavy (non-hydrogen) atoms. The van der Waals surface area contributed by atoms with Gasteiger partial charge in [0.05, 0.1) is 39.0 Å². The van der Waals surface area contributed by atoms with Gasteiger partial charge in [-0.25, -0.2) is 9.78 Å². The Morgan fingerprint density at radius 1 is 1.25 bits per heavy atom. The number of rotatable bonds is 7. The average Bonchev–Trinajstić information content (AvgIpc) is 3.35. The molecule has 1 aliphatic heterocycles. The van der Waals surface area contributed by atoms with Crippen LogP contribution in [0.1, 0.15) is 41.6 Å². The van der Waals surface area contributed by atoms with Gasteiger partial charge in [0.25, 0.3) is 0 Å². The van der Waals surface area contributed by atoms with Gasteiger partial charge in [0, 0.05) is 18.7 Å². The summed E-state index contributed by atoms with van der Waals surface area (Å²) in [6.45, 7) is 4.59. The second-order valence-electron chi connectivity index (χ2n) is 7.81. The van der Waals surface area contributed by atoms with Crippen molar-refractivity contribution < 1.29 is 19.1 Å². The molecule has 0 aliphatic carbocycles. The van der Waals surface area contributed by atoms with E-state index in [4.69, 9.17) is 4.74 Å². The number of hydrogen-bond acceptors (Lipinski definition) is 6. The molecule has 0 spiro atoms. The fraction of sp³-hybridized carbons (Fsp3) is 0.333. The van der Waals surface area contributed by atoms with E-state index in [-0.39, 0.29) is 24.8 Å². The lowest BCUT2D eigenvalue weighted by atomic mass is 10.1. The first-order valence-corrected chi connectivity index (χ1v) is 11.5. The van der Waals surface area contributed by atoms with Crippen LogP contribution < -0.4 is 10.2 Å². The number of aromatic nitrogens is 1. The number of fused-ring (bicyclic) bond motifs is 1. The van der Waals surface area contributed by atoms with E-state index in [1.165, 1.54) is 0 Å². The van der Waals surface area contributed by atoms with E-state index in [1.54, 1.807) is 40.5 Å². The van der Waals surface area contributed by atoms with Crippen LogP contribution in [0.3, 0.4) is 0 Å². The van der Waals surface area contributed by atoms with Gasteiger partial charge in [-0.2, -0.15) is 0 Å². The number of nitrogens with one attached hydrogen (secondary N) is 1. The Hall–Kier alpha value is -3.26. The van der Waals surface area contributed by atoms with Crippen molar-refractivity contribution >= 4 is 50.7 Å². The van der Waals surface area contributed by atoms with Crippen LogP contribution in [0.4, 0.5) is 11.4 Å². The number of thiazole rings is 1. The van der Waals surface area contributed by atoms with Crippen LogP contribution in [-0.4, -0.2) is 35.9 Å². The standard InChI is InChI=1S/C24H25N3O4S/c1-3-4-11-31-24(30)18-7-5-6-8-19(18)26-23(29)16-12-22(28)27(14-16)17-9-10-21-20(13-17)25-15(2)32-21/h5-10,13,16H,3-4,11-12,14H2,1-2H3,(H,26,29). The Morgan fingerprint density at radius 3 is 2.88 bits per heavy atom. The summed E-state index contributed by atoms with van der Waals surface area (Å²) in [4.78, 5) is 44.1. The van der Waals surface area contributed by atoms with Crippen LogP contribution in [0, 0.1) is 12.8 Å². The molecule has 0 radical (unpaired) electrons. The molecule has 1 atom stereocenters. The summed E-state index contributed by atoms with van der Waals surface area (Å²) >= 11 is 1.60. The molecule has 0 saturated carbocycles. The molecule has 1 N–H and O–H groups in total. The molecule has 8 heteroatoms. The monoisotopic (exact) mass is 451 g/mol. The highest BCUT2D eigenvalue weighted by Crippen LogP contribution is 2.31. The fourth-order valence-electron chi connectivity index (χ4n) is 3.72. The number of unbranched alkanes of at least 4 members (excludes halogenated alkanes) is 1. The molecule has 2 aromatic carbocycles. The SMILES string of the molecule is CCCCOC(=O)c1ccccc1NC(=O)C1CC(=O)N(c2ccc3sc(C)nc3c2)C1. The second-order valence-corrected chi connectivity index (χ2v) is 9.05. The van der Waals surface area contributed by atoms with Crippen LogP contribution >= 0.6 is 11.3 Å². The Morgan fingerprint density at radius 2 is 2.06 bits per heavy atom. The number of ether oxygens (including phenoxy) is 1. The molecule has 166 valence electrons. The lowest BCUT2D eigenvalue weighted by Crippen LogP contribution is -2.28. The molecular formula is C24H25N3O4S. The third kappa shape index (κ3) is 4.65. The van der Waals surface area contributed by atoms with Gasteiger partial charge < -0.3 is 15.0 Å². The average molecular weight is 452 g/mol. The lowest BCUT2D eigenvalue weighted by molar-refractivity contribution is -0.122. The minimum absolute atomic E-state index is 0.108. The lowest BCUT2D eigenvalue weighted by Gasteiger charge is -2.17. The molecule has 3 aromatic rings. The molecular weight excluding hydrogens is 426 g/mol. The summed E-state index contributed by atoms with van der Waals surface area (Å²) in [5, 5.41) is 3.79. The zero-order chi connectivity index (χ0) is 22.7. The maximum absolute atomic E-state index is 12.9. The summed E-state index contributed by atoms with van der Waals surface area (Å²) in [6, 6.07) is 12.5. The molecule has 1 fully saturated rings. The third-order valence-corrected chi connectivity index (χ3v) is 6.37. The van der Waals surface area contributed by atoms with Crippen LogP contribution in [0.2, 0.25) is 0 Å². The van der Waals surface area contributed by atoms with E-state index < -0.39 is 11.9 Å². The fourth-order valence-corrected chi connectivity index (χ4v) is 4.53. The molecule has 1 aromatic heterocycles. The summed E-state index contributed by atoms with van der Waals surface area (Å²) in [7, 11) is 0. The number of esters is 1. The number of nitrogens with zero attached hydrogens (tertiary/aromatic N) is 2. The molecule has 1 unspecified atom stereocenters. The van der Waals surface area contributed by atoms with Gasteiger partial charge >= 0.3 is 5.97 Å². The molecule has 4 rings (SSSR count). The van der Waals surface area contributed by atoms with Crippen molar-refractivity contribution in [2.45, 2.75) is 33.1 Å². The first kappa shape index (κ1) is 22.0. The molecule has 2 amide bonds. The number of aryl methyl sites for hydroxylation is 1. The number of hydrogen-bond donors (Lipinski definition) is 1. The van der Waals surface area contributed by atoms with Gasteiger partial charge in [-0.3, -0.25) is 9.59 Å². The first-order chi connectivity index (χ1) is 15.5. The van der Waals surface area contributed by atoms with Gasteiger partial charge in [-0.1, -0.05) is 25.5 Å². The summed E-state index contributed by atoms with van der Waals surface area (Å²) in [6.07, 6.45) is 1.82. The van der Waals surface area contributed by atoms with Crippen LogP contribution in [0.25, 0.3) is 10.2 Å². The highest BCUT2D eigenvalue weighted by Gasteiger charge is 2.35. The largest absolute Gasteiger partial charge is 0.462 e. The van der Waals surface area contributed by atoms with Crippen molar-refractivity contribution in [1.82, 2.24) is 4.98 Å². The van der Waals surface area contributed by atoms with Crippen molar-refractivity contribution in [3.63, 3.8) is 0 Å². The zero-order valence-electron chi connectivity index (χ0n) is 18.1. The Labute approximate surface area is 190 Å². The van der Waals surface area contributed by atoms with Crippen molar-refractivity contribution in [2.75, 3.05) is 23.4 Å². The van der Waals surface area contributed by atoms with Crippen molar-refractivity contribution in [2.24, 2.45) is 5.92 Å². The zero-order valence-corrected chi connectivity index (χ0v) is 18.9. The maximum Gasteiger partial charge on any atom is 0.340 e.